The lowest BCUT2D eigenvalue weighted by Gasteiger charge is -2.38. The summed E-state index contributed by atoms with van der Waals surface area (Å²) in [7, 11) is 0. The summed E-state index contributed by atoms with van der Waals surface area (Å²) in [5, 5.41) is 10.3. The molecule has 160 valence electrons. The van der Waals surface area contributed by atoms with Crippen molar-refractivity contribution in [2.24, 2.45) is 0 Å². The van der Waals surface area contributed by atoms with Gasteiger partial charge in [0.15, 0.2) is 0 Å². The molecule has 1 heterocycles. The summed E-state index contributed by atoms with van der Waals surface area (Å²) in [6.45, 7) is 4.95. The SMILES string of the molecule is C=CCCCOc1cc(Br)ccc1[C@@H]1C[C@@H](O)CCN1C(=O)OCc1ccccc1. The van der Waals surface area contributed by atoms with Crippen LogP contribution in [-0.2, 0) is 11.3 Å². The van der Waals surface area contributed by atoms with Crippen molar-refractivity contribution in [3.63, 3.8) is 0 Å². The number of aliphatic hydroxyl groups excluding tert-OH is 1. The normalized spacial score (nSPS) is 18.7. The lowest BCUT2D eigenvalue weighted by molar-refractivity contribution is 0.0252. The lowest BCUT2D eigenvalue weighted by atomic mass is 9.93. The number of hydrogen-bond acceptors (Lipinski definition) is 4. The third-order valence-electron chi connectivity index (χ3n) is 5.16. The fourth-order valence-electron chi connectivity index (χ4n) is 3.58. The number of ether oxygens (including phenoxy) is 2. The zero-order valence-electron chi connectivity index (χ0n) is 17.0. The quantitative estimate of drug-likeness (QED) is 0.398. The van der Waals surface area contributed by atoms with E-state index in [1.807, 2.05) is 54.6 Å². The molecule has 1 amide bonds. The van der Waals surface area contributed by atoms with Gasteiger partial charge in [-0.2, -0.15) is 0 Å². The van der Waals surface area contributed by atoms with Crippen LogP contribution in [0.15, 0.2) is 65.7 Å². The first-order chi connectivity index (χ1) is 14.6. The molecule has 0 unspecified atom stereocenters. The summed E-state index contributed by atoms with van der Waals surface area (Å²) in [5.41, 5.74) is 1.82. The number of hydrogen-bond donors (Lipinski definition) is 1. The summed E-state index contributed by atoms with van der Waals surface area (Å²) in [6.07, 6.45) is 3.75. The predicted molar refractivity (Wildman–Crippen MR) is 120 cm³/mol. The Hall–Kier alpha value is -2.31. The zero-order chi connectivity index (χ0) is 21.3. The molecule has 1 N–H and O–H groups in total. The molecular formula is C24H28BrNO4. The van der Waals surface area contributed by atoms with Gasteiger partial charge in [0.1, 0.15) is 12.4 Å². The Morgan fingerprint density at radius 3 is 2.83 bits per heavy atom. The molecule has 30 heavy (non-hydrogen) atoms. The molecule has 3 rings (SSSR count). The van der Waals surface area contributed by atoms with E-state index < -0.39 is 6.10 Å². The van der Waals surface area contributed by atoms with Crippen molar-refractivity contribution < 1.29 is 19.4 Å². The molecule has 6 heteroatoms. The monoisotopic (exact) mass is 473 g/mol. The largest absolute Gasteiger partial charge is 0.493 e. The molecule has 5 nitrogen and oxygen atoms in total. The Morgan fingerprint density at radius 2 is 2.07 bits per heavy atom. The second-order valence-electron chi connectivity index (χ2n) is 7.39. The van der Waals surface area contributed by atoms with Crippen molar-refractivity contribution >= 4 is 22.0 Å². The molecule has 2 aromatic rings. The van der Waals surface area contributed by atoms with Crippen molar-refractivity contribution in [3.05, 3.63) is 76.8 Å². The molecule has 0 spiro atoms. The number of benzene rings is 2. The number of aliphatic hydroxyl groups is 1. The van der Waals surface area contributed by atoms with Gasteiger partial charge >= 0.3 is 6.09 Å². The Morgan fingerprint density at radius 1 is 1.27 bits per heavy atom. The van der Waals surface area contributed by atoms with E-state index in [4.69, 9.17) is 9.47 Å². The molecule has 2 aromatic carbocycles. The standard InChI is InChI=1S/C24H28BrNO4/c1-2-3-7-14-29-23-15-19(25)10-11-21(23)22-16-20(27)12-13-26(22)24(28)30-17-18-8-5-4-6-9-18/h2,4-6,8-11,15,20,22,27H,1,3,7,12-14,16-17H2/t20-,22-/m0/s1. The summed E-state index contributed by atoms with van der Waals surface area (Å²) in [6, 6.07) is 15.1. The first kappa shape index (κ1) is 22.4. The van der Waals surface area contributed by atoms with E-state index in [1.54, 1.807) is 4.90 Å². The molecule has 1 fully saturated rings. The highest BCUT2D eigenvalue weighted by atomic mass is 79.9. The first-order valence-electron chi connectivity index (χ1n) is 10.3. The molecular weight excluding hydrogens is 446 g/mol. The number of likely N-dealkylation sites (tertiary alicyclic amines) is 1. The van der Waals surface area contributed by atoms with Crippen LogP contribution >= 0.6 is 15.9 Å². The smallest absolute Gasteiger partial charge is 0.410 e. The van der Waals surface area contributed by atoms with Crippen LogP contribution in [0.1, 0.15) is 42.9 Å². The predicted octanol–water partition coefficient (Wildman–Crippen LogP) is 5.63. The Balaban J connectivity index is 1.76. The van der Waals surface area contributed by atoms with Gasteiger partial charge in [0.2, 0.25) is 0 Å². The topological polar surface area (TPSA) is 59.0 Å². The van der Waals surface area contributed by atoms with Crippen LogP contribution in [0.3, 0.4) is 0 Å². The number of piperidine rings is 1. The molecule has 1 aliphatic heterocycles. The zero-order valence-corrected chi connectivity index (χ0v) is 18.6. The molecule has 0 saturated carbocycles. The summed E-state index contributed by atoms with van der Waals surface area (Å²) in [4.78, 5) is 14.6. The summed E-state index contributed by atoms with van der Waals surface area (Å²) >= 11 is 3.50. The van der Waals surface area contributed by atoms with Crippen LogP contribution in [0.5, 0.6) is 5.75 Å². The molecule has 0 aliphatic carbocycles. The van der Waals surface area contributed by atoms with Gasteiger partial charge in [0.05, 0.1) is 18.8 Å². The van der Waals surface area contributed by atoms with Crippen LogP contribution in [-0.4, -0.2) is 35.4 Å². The minimum atomic E-state index is -0.467. The number of unbranched alkanes of at least 4 members (excludes halogenated alkanes) is 1. The minimum Gasteiger partial charge on any atom is -0.493 e. The van der Waals surface area contributed by atoms with Crippen LogP contribution in [0.2, 0.25) is 0 Å². The highest BCUT2D eigenvalue weighted by Gasteiger charge is 2.34. The minimum absolute atomic E-state index is 0.219. The molecule has 0 radical (unpaired) electrons. The van der Waals surface area contributed by atoms with E-state index in [-0.39, 0.29) is 18.7 Å². The second-order valence-corrected chi connectivity index (χ2v) is 8.30. The number of allylic oxidation sites excluding steroid dienone is 1. The van der Waals surface area contributed by atoms with Gasteiger partial charge in [-0.3, -0.25) is 0 Å². The molecule has 2 atom stereocenters. The van der Waals surface area contributed by atoms with Crippen molar-refractivity contribution in [3.8, 4) is 5.75 Å². The molecule has 0 bridgehead atoms. The summed E-state index contributed by atoms with van der Waals surface area (Å²) < 4.78 is 12.5. The average Bonchev–Trinajstić information content (AvgIpc) is 2.76. The number of amides is 1. The maximum absolute atomic E-state index is 12.9. The van der Waals surface area contributed by atoms with E-state index in [0.29, 0.717) is 31.7 Å². The van der Waals surface area contributed by atoms with Crippen LogP contribution in [0.4, 0.5) is 4.79 Å². The van der Waals surface area contributed by atoms with Gasteiger partial charge in [-0.05, 0) is 43.4 Å². The van der Waals surface area contributed by atoms with E-state index in [9.17, 15) is 9.90 Å². The average molecular weight is 474 g/mol. The van der Waals surface area contributed by atoms with Crippen LogP contribution in [0, 0.1) is 0 Å². The van der Waals surface area contributed by atoms with Crippen molar-refractivity contribution in [1.29, 1.82) is 0 Å². The number of halogens is 1. The Kier molecular flexibility index (Phi) is 8.34. The van der Waals surface area contributed by atoms with Gasteiger partial charge in [0.25, 0.3) is 0 Å². The van der Waals surface area contributed by atoms with Gasteiger partial charge in [-0.15, -0.1) is 6.58 Å². The maximum atomic E-state index is 12.9. The molecule has 1 saturated heterocycles. The number of nitrogens with zero attached hydrogens (tertiary/aromatic N) is 1. The third kappa shape index (κ3) is 6.09. The lowest BCUT2D eigenvalue weighted by Crippen LogP contribution is -2.43. The van der Waals surface area contributed by atoms with Crippen LogP contribution < -0.4 is 4.74 Å². The van der Waals surface area contributed by atoms with E-state index in [0.717, 1.165) is 28.4 Å². The van der Waals surface area contributed by atoms with E-state index in [1.165, 1.54) is 0 Å². The van der Waals surface area contributed by atoms with Crippen molar-refractivity contribution in [1.82, 2.24) is 4.90 Å². The maximum Gasteiger partial charge on any atom is 0.410 e. The number of rotatable bonds is 8. The van der Waals surface area contributed by atoms with E-state index in [2.05, 4.69) is 22.5 Å². The summed E-state index contributed by atoms with van der Waals surface area (Å²) in [5.74, 6) is 0.716. The van der Waals surface area contributed by atoms with Gasteiger partial charge < -0.3 is 19.5 Å². The molecule has 1 aliphatic rings. The fourth-order valence-corrected chi connectivity index (χ4v) is 3.92. The van der Waals surface area contributed by atoms with Gasteiger partial charge in [0, 0.05) is 16.6 Å². The van der Waals surface area contributed by atoms with Crippen molar-refractivity contribution in [2.75, 3.05) is 13.2 Å². The van der Waals surface area contributed by atoms with E-state index >= 15 is 0 Å². The third-order valence-corrected chi connectivity index (χ3v) is 5.65. The highest BCUT2D eigenvalue weighted by Crippen LogP contribution is 2.38. The fraction of sp³-hybridized carbons (Fsp3) is 0.375. The van der Waals surface area contributed by atoms with Gasteiger partial charge in [-0.25, -0.2) is 4.79 Å². The first-order valence-corrected chi connectivity index (χ1v) is 11.1. The molecule has 0 aromatic heterocycles. The van der Waals surface area contributed by atoms with Crippen molar-refractivity contribution in [2.45, 2.75) is 44.4 Å². The number of carbonyl (C=O) groups excluding carboxylic acids is 1. The highest BCUT2D eigenvalue weighted by molar-refractivity contribution is 9.10. The Labute approximate surface area is 186 Å². The van der Waals surface area contributed by atoms with Gasteiger partial charge in [-0.1, -0.05) is 58.4 Å². The number of carbonyl (C=O) groups is 1. The Bertz CT molecular complexity index is 842. The van der Waals surface area contributed by atoms with Crippen LogP contribution in [0.25, 0.3) is 0 Å². The second kappa shape index (κ2) is 11.2.